The van der Waals surface area contributed by atoms with Crippen molar-refractivity contribution in [1.82, 2.24) is 5.32 Å². The summed E-state index contributed by atoms with van der Waals surface area (Å²) >= 11 is 5.89. The highest BCUT2D eigenvalue weighted by Gasteiger charge is 2.23. The van der Waals surface area contributed by atoms with Gasteiger partial charge < -0.3 is 15.8 Å². The molecule has 5 heteroatoms. The molecule has 3 atom stereocenters. The number of carbonyl (C=O) groups is 1. The third-order valence-electron chi connectivity index (χ3n) is 3.34. The van der Waals surface area contributed by atoms with Gasteiger partial charge in [-0.15, -0.1) is 0 Å². The first-order chi connectivity index (χ1) is 9.85. The number of hydrogen-bond acceptors (Lipinski definition) is 3. The van der Waals surface area contributed by atoms with Gasteiger partial charge in [0.05, 0.1) is 12.1 Å². The number of ether oxygens (including phenoxy) is 1. The summed E-state index contributed by atoms with van der Waals surface area (Å²) in [7, 11) is 1.62. The first-order valence-corrected chi connectivity index (χ1v) is 7.57. The van der Waals surface area contributed by atoms with E-state index in [0.717, 1.165) is 5.56 Å². The Labute approximate surface area is 132 Å². The number of nitrogens with one attached hydrogen (secondary N) is 1. The van der Waals surface area contributed by atoms with Gasteiger partial charge in [0.15, 0.2) is 0 Å². The minimum Gasteiger partial charge on any atom is -0.375 e. The van der Waals surface area contributed by atoms with Gasteiger partial charge in [-0.25, -0.2) is 0 Å². The fourth-order valence-corrected chi connectivity index (χ4v) is 2.43. The molecule has 1 aromatic rings. The molecule has 4 nitrogen and oxygen atoms in total. The van der Waals surface area contributed by atoms with Crippen molar-refractivity contribution in [1.29, 1.82) is 0 Å². The number of hydrogen-bond donors (Lipinski definition) is 2. The van der Waals surface area contributed by atoms with Crippen LogP contribution in [0.4, 0.5) is 0 Å². The summed E-state index contributed by atoms with van der Waals surface area (Å²) in [4.78, 5) is 12.1. The zero-order valence-electron chi connectivity index (χ0n) is 13.1. The van der Waals surface area contributed by atoms with E-state index < -0.39 is 6.04 Å². The van der Waals surface area contributed by atoms with Crippen molar-refractivity contribution in [3.8, 4) is 0 Å². The molecule has 0 aliphatic carbocycles. The van der Waals surface area contributed by atoms with Crippen LogP contribution < -0.4 is 11.1 Å². The summed E-state index contributed by atoms with van der Waals surface area (Å²) in [6, 6.07) is 6.74. The van der Waals surface area contributed by atoms with Gasteiger partial charge in [0.1, 0.15) is 6.10 Å². The SMILES string of the molecule is COC(c1ccc(Cl)cc1)C(C)NC(=O)[C@@H](N)CC(C)C. The average molecular weight is 313 g/mol. The van der Waals surface area contributed by atoms with Crippen LogP contribution in [-0.2, 0) is 9.53 Å². The maximum absolute atomic E-state index is 12.1. The number of amides is 1. The van der Waals surface area contributed by atoms with Crippen molar-refractivity contribution in [2.75, 3.05) is 7.11 Å². The van der Waals surface area contributed by atoms with Gasteiger partial charge in [-0.3, -0.25) is 4.79 Å². The Balaban J connectivity index is 2.69. The molecule has 0 saturated carbocycles. The van der Waals surface area contributed by atoms with E-state index in [-0.39, 0.29) is 18.1 Å². The Morgan fingerprint density at radius 3 is 2.33 bits per heavy atom. The normalized spacial score (nSPS) is 15.6. The average Bonchev–Trinajstić information content (AvgIpc) is 2.40. The zero-order valence-corrected chi connectivity index (χ0v) is 13.9. The zero-order chi connectivity index (χ0) is 16.0. The fourth-order valence-electron chi connectivity index (χ4n) is 2.30. The molecule has 0 aliphatic rings. The van der Waals surface area contributed by atoms with Crippen molar-refractivity contribution < 1.29 is 9.53 Å². The highest BCUT2D eigenvalue weighted by atomic mass is 35.5. The van der Waals surface area contributed by atoms with Gasteiger partial charge in [-0.1, -0.05) is 37.6 Å². The highest BCUT2D eigenvalue weighted by molar-refractivity contribution is 6.30. The van der Waals surface area contributed by atoms with Crippen LogP contribution in [0.3, 0.4) is 0 Å². The number of carbonyl (C=O) groups excluding carboxylic acids is 1. The van der Waals surface area contributed by atoms with Gasteiger partial charge in [0.2, 0.25) is 5.91 Å². The van der Waals surface area contributed by atoms with E-state index in [1.54, 1.807) is 7.11 Å². The molecule has 0 radical (unpaired) electrons. The second-order valence-electron chi connectivity index (χ2n) is 5.74. The smallest absolute Gasteiger partial charge is 0.237 e. The van der Waals surface area contributed by atoms with E-state index in [1.807, 2.05) is 45.0 Å². The van der Waals surface area contributed by atoms with Crippen LogP contribution in [0.2, 0.25) is 5.02 Å². The van der Waals surface area contributed by atoms with Crippen LogP contribution in [0.5, 0.6) is 0 Å². The second-order valence-corrected chi connectivity index (χ2v) is 6.18. The van der Waals surface area contributed by atoms with Crippen LogP contribution in [0, 0.1) is 5.92 Å². The van der Waals surface area contributed by atoms with Crippen molar-refractivity contribution in [2.24, 2.45) is 11.7 Å². The van der Waals surface area contributed by atoms with Crippen molar-refractivity contribution in [3.63, 3.8) is 0 Å². The quantitative estimate of drug-likeness (QED) is 0.813. The minimum absolute atomic E-state index is 0.146. The van der Waals surface area contributed by atoms with Crippen LogP contribution >= 0.6 is 11.6 Å². The van der Waals surface area contributed by atoms with Gasteiger partial charge in [0, 0.05) is 12.1 Å². The highest BCUT2D eigenvalue weighted by Crippen LogP contribution is 2.22. The maximum atomic E-state index is 12.1. The molecular formula is C16H25ClN2O2. The van der Waals surface area contributed by atoms with E-state index in [0.29, 0.717) is 17.4 Å². The molecule has 0 aromatic heterocycles. The number of halogens is 1. The Kier molecular flexibility index (Phi) is 7.15. The second kappa shape index (κ2) is 8.37. The van der Waals surface area contributed by atoms with Crippen molar-refractivity contribution in [2.45, 2.75) is 45.4 Å². The summed E-state index contributed by atoms with van der Waals surface area (Å²) in [5.74, 6) is 0.239. The van der Waals surface area contributed by atoms with Crippen molar-refractivity contribution >= 4 is 17.5 Å². The lowest BCUT2D eigenvalue weighted by molar-refractivity contribution is -0.124. The van der Waals surface area contributed by atoms with E-state index in [9.17, 15) is 4.79 Å². The molecule has 1 amide bonds. The maximum Gasteiger partial charge on any atom is 0.237 e. The topological polar surface area (TPSA) is 64.3 Å². The molecule has 1 rings (SSSR count). The standard InChI is InChI=1S/C16H25ClN2O2/c1-10(2)9-14(18)16(20)19-11(3)15(21-4)12-5-7-13(17)8-6-12/h5-8,10-11,14-15H,9,18H2,1-4H3,(H,19,20)/t11?,14-,15?/m0/s1. The number of nitrogens with two attached hydrogens (primary N) is 1. The summed E-state index contributed by atoms with van der Waals surface area (Å²) in [6.07, 6.45) is 0.425. The van der Waals surface area contributed by atoms with Gasteiger partial charge in [-0.2, -0.15) is 0 Å². The third kappa shape index (κ3) is 5.65. The van der Waals surface area contributed by atoms with E-state index in [4.69, 9.17) is 22.1 Å². The van der Waals surface area contributed by atoms with Crippen molar-refractivity contribution in [3.05, 3.63) is 34.9 Å². The Morgan fingerprint density at radius 1 is 1.29 bits per heavy atom. The number of methoxy groups -OCH3 is 1. The molecule has 3 N–H and O–H groups in total. The number of benzene rings is 1. The molecule has 0 spiro atoms. The summed E-state index contributed by atoms with van der Waals surface area (Å²) in [5.41, 5.74) is 6.86. The van der Waals surface area contributed by atoms with Crippen LogP contribution in [0.1, 0.15) is 38.9 Å². The molecule has 2 unspecified atom stereocenters. The summed E-state index contributed by atoms with van der Waals surface area (Å²) in [6.45, 7) is 5.99. The summed E-state index contributed by atoms with van der Waals surface area (Å²) in [5, 5.41) is 3.60. The lowest BCUT2D eigenvalue weighted by Crippen LogP contribution is -2.47. The molecular weight excluding hydrogens is 288 g/mol. The van der Waals surface area contributed by atoms with Gasteiger partial charge in [0.25, 0.3) is 0 Å². The Morgan fingerprint density at radius 2 is 1.86 bits per heavy atom. The molecule has 0 aliphatic heterocycles. The molecule has 118 valence electrons. The predicted molar refractivity (Wildman–Crippen MR) is 86.2 cm³/mol. The first kappa shape index (κ1) is 18.0. The Bertz CT molecular complexity index is 448. The van der Waals surface area contributed by atoms with E-state index in [1.165, 1.54) is 0 Å². The molecule has 1 aromatic carbocycles. The monoisotopic (exact) mass is 312 g/mol. The molecule has 0 bridgehead atoms. The fraction of sp³-hybridized carbons (Fsp3) is 0.562. The predicted octanol–water partition coefficient (Wildman–Crippen LogP) is 2.91. The van der Waals surface area contributed by atoms with Crippen LogP contribution in [-0.4, -0.2) is 25.1 Å². The minimum atomic E-state index is -0.491. The molecule has 0 heterocycles. The Hall–Kier alpha value is -1.10. The lowest BCUT2D eigenvalue weighted by atomic mass is 10.0. The van der Waals surface area contributed by atoms with Gasteiger partial charge in [-0.05, 0) is 37.0 Å². The molecule has 0 saturated heterocycles. The summed E-state index contributed by atoms with van der Waals surface area (Å²) < 4.78 is 5.50. The van der Waals surface area contributed by atoms with Crippen LogP contribution in [0.15, 0.2) is 24.3 Å². The van der Waals surface area contributed by atoms with Gasteiger partial charge >= 0.3 is 0 Å². The molecule has 0 fully saturated rings. The molecule has 21 heavy (non-hydrogen) atoms. The van der Waals surface area contributed by atoms with Crippen LogP contribution in [0.25, 0.3) is 0 Å². The number of rotatable bonds is 7. The lowest BCUT2D eigenvalue weighted by Gasteiger charge is -2.26. The van der Waals surface area contributed by atoms with E-state index in [2.05, 4.69) is 5.32 Å². The largest absolute Gasteiger partial charge is 0.375 e. The third-order valence-corrected chi connectivity index (χ3v) is 3.59. The first-order valence-electron chi connectivity index (χ1n) is 7.19. The van der Waals surface area contributed by atoms with E-state index >= 15 is 0 Å².